The lowest BCUT2D eigenvalue weighted by Gasteiger charge is -2.06. The van der Waals surface area contributed by atoms with Gasteiger partial charge < -0.3 is 5.32 Å². The Kier molecular flexibility index (Phi) is 3.08. The van der Waals surface area contributed by atoms with Gasteiger partial charge in [0.05, 0.1) is 11.9 Å². The molecule has 0 aromatic carbocycles. The smallest absolute Gasteiger partial charge is 0.307 e. The third-order valence-electron chi connectivity index (χ3n) is 2.88. The summed E-state index contributed by atoms with van der Waals surface area (Å²) in [5.41, 5.74) is 0.941. The first kappa shape index (κ1) is 12.3. The van der Waals surface area contributed by atoms with Crippen molar-refractivity contribution in [1.29, 1.82) is 0 Å². The van der Waals surface area contributed by atoms with Gasteiger partial charge in [-0.25, -0.2) is 9.97 Å². The van der Waals surface area contributed by atoms with Crippen LogP contribution in [0.3, 0.4) is 0 Å². The van der Waals surface area contributed by atoms with Gasteiger partial charge in [0.1, 0.15) is 10.6 Å². The van der Waals surface area contributed by atoms with Crippen LogP contribution in [0.25, 0.3) is 10.2 Å². The van der Waals surface area contributed by atoms with Crippen LogP contribution in [-0.2, 0) is 6.54 Å². The van der Waals surface area contributed by atoms with E-state index < -0.39 is 0 Å². The molecule has 0 unspecified atom stereocenters. The molecule has 0 atom stereocenters. The number of hydrogen-bond donors (Lipinski definition) is 1. The van der Waals surface area contributed by atoms with E-state index in [1.54, 1.807) is 15.9 Å². The highest BCUT2D eigenvalue weighted by Gasteiger charge is 2.10. The van der Waals surface area contributed by atoms with Gasteiger partial charge >= 0.3 is 4.87 Å². The summed E-state index contributed by atoms with van der Waals surface area (Å²) in [6.45, 7) is 2.33. The third-order valence-corrected chi connectivity index (χ3v) is 4.57. The molecule has 5 nitrogen and oxygen atoms in total. The zero-order chi connectivity index (χ0) is 13.4. The van der Waals surface area contributed by atoms with Crippen molar-refractivity contribution >= 4 is 38.7 Å². The monoisotopic (exact) mass is 292 g/mol. The van der Waals surface area contributed by atoms with Gasteiger partial charge in [-0.05, 0) is 18.4 Å². The molecule has 0 aliphatic heterocycles. The Morgan fingerprint density at radius 1 is 1.37 bits per heavy atom. The molecule has 0 radical (unpaired) electrons. The summed E-state index contributed by atoms with van der Waals surface area (Å²) >= 11 is 2.78. The van der Waals surface area contributed by atoms with Crippen molar-refractivity contribution in [1.82, 2.24) is 14.5 Å². The molecule has 19 heavy (non-hydrogen) atoms. The van der Waals surface area contributed by atoms with Crippen molar-refractivity contribution in [2.24, 2.45) is 0 Å². The number of aryl methyl sites for hydroxylation is 1. The van der Waals surface area contributed by atoms with Crippen LogP contribution in [-0.4, -0.2) is 21.6 Å². The number of thiazole rings is 1. The third kappa shape index (κ3) is 2.15. The van der Waals surface area contributed by atoms with Crippen LogP contribution in [0.2, 0.25) is 0 Å². The largest absolute Gasteiger partial charge is 0.372 e. The van der Waals surface area contributed by atoms with Crippen LogP contribution in [0.15, 0.2) is 21.6 Å². The normalized spacial score (nSPS) is 11.1. The average molecular weight is 292 g/mol. The van der Waals surface area contributed by atoms with E-state index in [1.165, 1.54) is 11.3 Å². The lowest BCUT2D eigenvalue weighted by atomic mass is 10.3. The summed E-state index contributed by atoms with van der Waals surface area (Å²) in [5, 5.41) is 7.94. The minimum Gasteiger partial charge on any atom is -0.372 e. The van der Waals surface area contributed by atoms with Crippen molar-refractivity contribution in [2.45, 2.75) is 13.5 Å². The zero-order valence-corrected chi connectivity index (χ0v) is 12.1. The number of anilines is 1. The number of aromatic nitrogens is 3. The Hall–Kier alpha value is -1.73. The van der Waals surface area contributed by atoms with E-state index in [9.17, 15) is 4.79 Å². The van der Waals surface area contributed by atoms with E-state index in [-0.39, 0.29) is 4.87 Å². The van der Waals surface area contributed by atoms with Crippen molar-refractivity contribution in [3.8, 4) is 0 Å². The van der Waals surface area contributed by atoms with E-state index in [4.69, 9.17) is 0 Å². The molecule has 3 heterocycles. The molecule has 0 aliphatic rings. The predicted molar refractivity (Wildman–Crippen MR) is 79.4 cm³/mol. The molecule has 0 aliphatic carbocycles. The van der Waals surface area contributed by atoms with Gasteiger partial charge in [-0.2, -0.15) is 0 Å². The molecule has 0 saturated heterocycles. The molecule has 3 aromatic rings. The fraction of sp³-hybridized carbons (Fsp3) is 0.250. The summed E-state index contributed by atoms with van der Waals surface area (Å²) in [5.74, 6) is 1.46. The summed E-state index contributed by atoms with van der Waals surface area (Å²) in [6.07, 6.45) is 0. The molecule has 7 heteroatoms. The molecular weight excluding hydrogens is 280 g/mol. The van der Waals surface area contributed by atoms with Crippen LogP contribution in [0.5, 0.6) is 0 Å². The van der Waals surface area contributed by atoms with Gasteiger partial charge in [-0.3, -0.25) is 9.36 Å². The van der Waals surface area contributed by atoms with Crippen molar-refractivity contribution in [3.63, 3.8) is 0 Å². The minimum atomic E-state index is 0.0263. The molecule has 3 aromatic heterocycles. The highest BCUT2D eigenvalue weighted by molar-refractivity contribution is 7.16. The molecule has 1 N–H and O–H groups in total. The maximum atomic E-state index is 11.7. The summed E-state index contributed by atoms with van der Waals surface area (Å²) in [4.78, 5) is 21.7. The van der Waals surface area contributed by atoms with Gasteiger partial charge in [-0.1, -0.05) is 11.3 Å². The van der Waals surface area contributed by atoms with Crippen LogP contribution in [0.4, 0.5) is 5.82 Å². The fourth-order valence-corrected chi connectivity index (χ4v) is 3.42. The zero-order valence-electron chi connectivity index (χ0n) is 10.5. The highest BCUT2D eigenvalue weighted by Crippen LogP contribution is 2.24. The molecule has 0 amide bonds. The number of hydrogen-bond acceptors (Lipinski definition) is 6. The van der Waals surface area contributed by atoms with Gasteiger partial charge in [-0.15, -0.1) is 11.3 Å². The fourth-order valence-electron chi connectivity index (χ4n) is 1.90. The second-order valence-electron chi connectivity index (χ2n) is 4.11. The molecule has 0 saturated carbocycles. The maximum absolute atomic E-state index is 11.7. The van der Waals surface area contributed by atoms with Crippen LogP contribution < -0.4 is 10.2 Å². The molecule has 3 rings (SSSR count). The van der Waals surface area contributed by atoms with Gasteiger partial charge in [0.25, 0.3) is 0 Å². The highest BCUT2D eigenvalue weighted by atomic mass is 32.1. The van der Waals surface area contributed by atoms with E-state index in [1.807, 2.05) is 30.8 Å². The van der Waals surface area contributed by atoms with Gasteiger partial charge in [0, 0.05) is 18.1 Å². The first-order valence-electron chi connectivity index (χ1n) is 5.76. The lowest BCUT2D eigenvalue weighted by Crippen LogP contribution is -2.17. The number of nitrogens with one attached hydrogen (secondary N) is 1. The first-order chi connectivity index (χ1) is 9.19. The van der Waals surface area contributed by atoms with Crippen molar-refractivity contribution < 1.29 is 0 Å². The number of rotatable bonds is 3. The van der Waals surface area contributed by atoms with E-state index in [0.717, 1.165) is 21.7 Å². The van der Waals surface area contributed by atoms with Crippen LogP contribution in [0.1, 0.15) is 11.5 Å². The summed E-state index contributed by atoms with van der Waals surface area (Å²) in [7, 11) is 1.84. The SMILES string of the molecule is CNc1nc(Cn2c(C)csc2=O)nc2sccc12. The molecule has 98 valence electrons. The average Bonchev–Trinajstić information content (AvgIpc) is 2.99. The molecular formula is C12H12N4OS2. The Morgan fingerprint density at radius 3 is 2.89 bits per heavy atom. The Bertz CT molecular complexity index is 786. The molecule has 0 spiro atoms. The predicted octanol–water partition coefficient (Wildman–Crippen LogP) is 2.31. The Labute approximate surface area is 117 Å². The summed E-state index contributed by atoms with van der Waals surface area (Å²) in [6, 6.07) is 2.00. The number of fused-ring (bicyclic) bond motifs is 1. The first-order valence-corrected chi connectivity index (χ1v) is 7.52. The second kappa shape index (κ2) is 4.75. The lowest BCUT2D eigenvalue weighted by molar-refractivity contribution is 0.716. The second-order valence-corrected chi connectivity index (χ2v) is 5.82. The van der Waals surface area contributed by atoms with E-state index in [2.05, 4.69) is 15.3 Å². The van der Waals surface area contributed by atoms with Crippen molar-refractivity contribution in [3.05, 3.63) is 38.0 Å². The van der Waals surface area contributed by atoms with Crippen LogP contribution >= 0.6 is 22.7 Å². The topological polar surface area (TPSA) is 59.8 Å². The van der Waals surface area contributed by atoms with Crippen LogP contribution in [0, 0.1) is 6.92 Å². The Balaban J connectivity index is 2.08. The minimum absolute atomic E-state index is 0.0263. The van der Waals surface area contributed by atoms with Gasteiger partial charge in [0.2, 0.25) is 0 Å². The Morgan fingerprint density at radius 2 is 2.21 bits per heavy atom. The maximum Gasteiger partial charge on any atom is 0.307 e. The van der Waals surface area contributed by atoms with Crippen molar-refractivity contribution in [2.75, 3.05) is 12.4 Å². The van der Waals surface area contributed by atoms with Gasteiger partial charge in [0.15, 0.2) is 5.82 Å². The molecule has 0 fully saturated rings. The van der Waals surface area contributed by atoms with E-state index >= 15 is 0 Å². The van der Waals surface area contributed by atoms with E-state index in [0.29, 0.717) is 12.4 Å². The quantitative estimate of drug-likeness (QED) is 0.805. The summed E-state index contributed by atoms with van der Waals surface area (Å²) < 4.78 is 1.69. The number of thiophene rings is 1. The standard InChI is InChI=1S/C12H12N4OS2/c1-7-6-19-12(17)16(7)5-9-14-10(13-2)8-3-4-18-11(8)15-9/h3-4,6H,5H2,1-2H3,(H,13,14,15). The molecule has 0 bridgehead atoms. The number of nitrogens with zero attached hydrogens (tertiary/aromatic N) is 3.